The fourth-order valence-electron chi connectivity index (χ4n) is 4.20. The summed E-state index contributed by atoms with van der Waals surface area (Å²) in [6, 6.07) is 6.86. The Morgan fingerprint density at radius 1 is 1.38 bits per heavy atom. The van der Waals surface area contributed by atoms with E-state index in [0.717, 1.165) is 44.6 Å². The molecule has 0 N–H and O–H groups in total. The highest BCUT2D eigenvalue weighted by Crippen LogP contribution is 2.42. The summed E-state index contributed by atoms with van der Waals surface area (Å²) in [4.78, 5) is 2.47. The van der Waals surface area contributed by atoms with Crippen LogP contribution >= 0.6 is 0 Å². The highest BCUT2D eigenvalue weighted by atomic mass is 19.1. The van der Waals surface area contributed by atoms with Crippen LogP contribution in [-0.4, -0.2) is 40.5 Å². The molecule has 2 fully saturated rings. The Labute approximate surface area is 142 Å². The third kappa shape index (κ3) is 2.98. The monoisotopic (exact) mass is 329 g/mol. The van der Waals surface area contributed by atoms with Crippen molar-refractivity contribution >= 4 is 0 Å². The Hall–Kier alpha value is -1.72. The summed E-state index contributed by atoms with van der Waals surface area (Å²) in [5, 5.41) is 4.32. The predicted octanol–water partition coefficient (Wildman–Crippen LogP) is 2.70. The fourth-order valence-corrected chi connectivity index (χ4v) is 4.20. The largest absolute Gasteiger partial charge is 0.377 e. The number of hydrogen-bond donors (Lipinski definition) is 0. The van der Waals surface area contributed by atoms with Crippen molar-refractivity contribution in [1.82, 2.24) is 14.7 Å². The van der Waals surface area contributed by atoms with Crippen LogP contribution in [0.4, 0.5) is 4.39 Å². The van der Waals surface area contributed by atoms with Gasteiger partial charge in [0.25, 0.3) is 0 Å². The van der Waals surface area contributed by atoms with Gasteiger partial charge in [-0.05, 0) is 43.0 Å². The smallest absolute Gasteiger partial charge is 0.123 e. The molecule has 4 rings (SSSR count). The minimum absolute atomic E-state index is 0.165. The zero-order chi connectivity index (χ0) is 16.7. The molecule has 2 aliphatic heterocycles. The van der Waals surface area contributed by atoms with Crippen molar-refractivity contribution in [2.45, 2.75) is 32.4 Å². The first-order valence-corrected chi connectivity index (χ1v) is 8.59. The van der Waals surface area contributed by atoms with Gasteiger partial charge in [0.15, 0.2) is 0 Å². The zero-order valence-corrected chi connectivity index (χ0v) is 14.3. The lowest BCUT2D eigenvalue weighted by atomic mass is 9.77. The number of benzene rings is 1. The number of nitrogens with zero attached hydrogens (tertiary/aromatic N) is 3. The first-order valence-electron chi connectivity index (χ1n) is 8.59. The first kappa shape index (κ1) is 15.8. The molecule has 1 aromatic heterocycles. The number of rotatable bonds is 4. The van der Waals surface area contributed by atoms with Gasteiger partial charge in [0.05, 0.1) is 24.6 Å². The van der Waals surface area contributed by atoms with Crippen LogP contribution in [-0.2, 0) is 24.8 Å². The predicted molar refractivity (Wildman–Crippen MR) is 90.1 cm³/mol. The Kier molecular flexibility index (Phi) is 3.93. The van der Waals surface area contributed by atoms with Crippen LogP contribution in [0, 0.1) is 18.2 Å². The lowest BCUT2D eigenvalue weighted by Crippen LogP contribution is -2.56. The molecule has 2 saturated heterocycles. The lowest BCUT2D eigenvalue weighted by molar-refractivity contribution is -0.0154. The molecule has 5 heteroatoms. The van der Waals surface area contributed by atoms with Crippen molar-refractivity contribution in [3.05, 3.63) is 53.1 Å². The molecule has 0 saturated carbocycles. The Balaban J connectivity index is 1.32. The normalized spacial score (nSPS) is 22.9. The second-order valence-electron chi connectivity index (χ2n) is 7.51. The van der Waals surface area contributed by atoms with Gasteiger partial charge in [0.1, 0.15) is 5.82 Å². The molecule has 0 amide bonds. The number of hydrogen-bond acceptors (Lipinski definition) is 3. The molecule has 0 unspecified atom stereocenters. The van der Waals surface area contributed by atoms with Crippen LogP contribution in [0.15, 0.2) is 30.5 Å². The number of ether oxygens (including phenoxy) is 1. The molecule has 2 aromatic rings. The van der Waals surface area contributed by atoms with Gasteiger partial charge in [0, 0.05) is 32.1 Å². The van der Waals surface area contributed by atoms with E-state index in [4.69, 9.17) is 4.74 Å². The quantitative estimate of drug-likeness (QED) is 0.864. The molecule has 128 valence electrons. The molecule has 0 aliphatic carbocycles. The van der Waals surface area contributed by atoms with Gasteiger partial charge >= 0.3 is 0 Å². The summed E-state index contributed by atoms with van der Waals surface area (Å²) in [7, 11) is 2.01. The van der Waals surface area contributed by atoms with Crippen molar-refractivity contribution in [1.29, 1.82) is 0 Å². The summed E-state index contributed by atoms with van der Waals surface area (Å²) >= 11 is 0. The number of likely N-dealkylation sites (tertiary alicyclic amines) is 1. The minimum Gasteiger partial charge on any atom is -0.377 e. The van der Waals surface area contributed by atoms with Gasteiger partial charge in [0.2, 0.25) is 0 Å². The van der Waals surface area contributed by atoms with Gasteiger partial charge in [-0.15, -0.1) is 0 Å². The topological polar surface area (TPSA) is 30.3 Å². The number of aryl methyl sites for hydroxylation is 2. The van der Waals surface area contributed by atoms with E-state index in [9.17, 15) is 4.39 Å². The summed E-state index contributed by atoms with van der Waals surface area (Å²) in [5.41, 5.74) is 3.87. The van der Waals surface area contributed by atoms with Gasteiger partial charge in [-0.1, -0.05) is 12.1 Å². The summed E-state index contributed by atoms with van der Waals surface area (Å²) in [6.07, 6.45) is 4.02. The van der Waals surface area contributed by atoms with Crippen LogP contribution in [0.5, 0.6) is 0 Å². The second kappa shape index (κ2) is 5.97. The van der Waals surface area contributed by atoms with Crippen molar-refractivity contribution < 1.29 is 9.13 Å². The van der Waals surface area contributed by atoms with Crippen molar-refractivity contribution in [2.24, 2.45) is 12.5 Å². The van der Waals surface area contributed by atoms with Crippen molar-refractivity contribution in [3.8, 4) is 0 Å². The molecule has 1 aromatic carbocycles. The Bertz CT molecular complexity index is 716. The van der Waals surface area contributed by atoms with Gasteiger partial charge in [-0.2, -0.15) is 5.10 Å². The van der Waals surface area contributed by atoms with E-state index < -0.39 is 0 Å². The number of aromatic nitrogens is 2. The third-order valence-electron chi connectivity index (χ3n) is 5.40. The maximum Gasteiger partial charge on any atom is 0.123 e. The Morgan fingerprint density at radius 2 is 2.21 bits per heavy atom. The average molecular weight is 329 g/mol. The van der Waals surface area contributed by atoms with E-state index in [1.165, 1.54) is 17.3 Å². The molecule has 2 aliphatic rings. The maximum atomic E-state index is 13.3. The summed E-state index contributed by atoms with van der Waals surface area (Å²) in [6.45, 7) is 6.06. The molecule has 0 radical (unpaired) electrons. The van der Waals surface area contributed by atoms with Crippen molar-refractivity contribution in [2.75, 3.05) is 19.7 Å². The van der Waals surface area contributed by atoms with Gasteiger partial charge in [-0.25, -0.2) is 4.39 Å². The Morgan fingerprint density at radius 3 is 2.92 bits per heavy atom. The molecular weight excluding hydrogens is 305 g/mol. The molecule has 1 atom stereocenters. The summed E-state index contributed by atoms with van der Waals surface area (Å²) in [5.74, 6) is -0.165. The van der Waals surface area contributed by atoms with Crippen LogP contribution in [0.2, 0.25) is 0 Å². The van der Waals surface area contributed by atoms with Crippen LogP contribution in [0.3, 0.4) is 0 Å². The van der Waals surface area contributed by atoms with E-state index in [1.807, 2.05) is 24.0 Å². The van der Waals surface area contributed by atoms with E-state index >= 15 is 0 Å². The van der Waals surface area contributed by atoms with E-state index in [2.05, 4.69) is 16.9 Å². The maximum absolute atomic E-state index is 13.3. The fraction of sp³-hybridized carbons (Fsp3) is 0.526. The minimum atomic E-state index is -0.165. The van der Waals surface area contributed by atoms with Gasteiger partial charge < -0.3 is 4.74 Å². The zero-order valence-electron chi connectivity index (χ0n) is 14.3. The standard InChI is InChI=1S/C19H24FN3O/c1-14-9-21-22(2)18(14)10-23-11-19(12-23)8-17(24-13-19)7-15-4-3-5-16(20)6-15/h3-6,9,17H,7-8,10-13H2,1-2H3/t17-/m1/s1. The SMILES string of the molecule is Cc1cnn(C)c1CN1CC2(CO[C@H](Cc3cccc(F)c3)C2)C1. The van der Waals surface area contributed by atoms with Crippen LogP contribution in [0.1, 0.15) is 23.2 Å². The molecular formula is C19H24FN3O. The van der Waals surface area contributed by atoms with E-state index in [0.29, 0.717) is 5.41 Å². The second-order valence-corrected chi connectivity index (χ2v) is 7.51. The van der Waals surface area contributed by atoms with Gasteiger partial charge in [-0.3, -0.25) is 9.58 Å². The highest BCUT2D eigenvalue weighted by molar-refractivity contribution is 5.19. The number of halogens is 1. The highest BCUT2D eigenvalue weighted by Gasteiger charge is 2.48. The average Bonchev–Trinajstić information content (AvgIpc) is 3.05. The first-order chi connectivity index (χ1) is 11.5. The van der Waals surface area contributed by atoms with Crippen LogP contribution < -0.4 is 0 Å². The molecule has 4 nitrogen and oxygen atoms in total. The third-order valence-corrected chi connectivity index (χ3v) is 5.40. The molecule has 0 bridgehead atoms. The molecule has 3 heterocycles. The van der Waals surface area contributed by atoms with Crippen molar-refractivity contribution in [3.63, 3.8) is 0 Å². The van der Waals surface area contributed by atoms with E-state index in [1.54, 1.807) is 12.1 Å². The van der Waals surface area contributed by atoms with Crippen LogP contribution in [0.25, 0.3) is 0 Å². The molecule has 1 spiro atoms. The summed E-state index contributed by atoms with van der Waals surface area (Å²) < 4.78 is 21.3. The van der Waals surface area contributed by atoms with E-state index in [-0.39, 0.29) is 11.9 Å². The lowest BCUT2D eigenvalue weighted by Gasteiger charge is -2.47. The molecule has 24 heavy (non-hydrogen) atoms.